The number of thiophene rings is 1. The highest BCUT2D eigenvalue weighted by molar-refractivity contribution is 8.00. The molecule has 1 unspecified atom stereocenters. The van der Waals surface area contributed by atoms with E-state index < -0.39 is 0 Å². The van der Waals surface area contributed by atoms with E-state index in [2.05, 4.69) is 35.4 Å². The van der Waals surface area contributed by atoms with Crippen LogP contribution in [0.1, 0.15) is 50.0 Å². The van der Waals surface area contributed by atoms with E-state index >= 15 is 0 Å². The Kier molecular flexibility index (Phi) is 5.46. The Hall–Kier alpha value is -0.830. The number of nitrogens with zero attached hydrogens (tertiary/aromatic N) is 4. The summed E-state index contributed by atoms with van der Waals surface area (Å²) in [6.45, 7) is 7.44. The highest BCUT2D eigenvalue weighted by Crippen LogP contribution is 2.44. The minimum atomic E-state index is 0.455. The third-order valence-corrected chi connectivity index (χ3v) is 7.65. The number of hydrogen-bond acceptors (Lipinski definition) is 7. The van der Waals surface area contributed by atoms with Gasteiger partial charge in [-0.2, -0.15) is 0 Å². The standard InChI is InChI=1S/C18H24N4OS3/c1-10(2)25-17-19-16-14(13-11(3)6-5-7-12(13)26-16)15-20-21-18(22(15)17)24-9-8-23-4/h10-11H,5-9H2,1-4H3. The predicted octanol–water partition coefficient (Wildman–Crippen LogP) is 5.02. The van der Waals surface area contributed by atoms with Crippen LogP contribution < -0.4 is 0 Å². The summed E-state index contributed by atoms with van der Waals surface area (Å²) in [5, 5.41) is 12.7. The molecule has 0 bridgehead atoms. The molecule has 0 N–H and O–H groups in total. The van der Waals surface area contributed by atoms with E-state index in [4.69, 9.17) is 9.72 Å². The van der Waals surface area contributed by atoms with Gasteiger partial charge in [-0.3, -0.25) is 0 Å². The number of thioether (sulfide) groups is 2. The van der Waals surface area contributed by atoms with E-state index in [1.54, 1.807) is 30.6 Å². The van der Waals surface area contributed by atoms with E-state index in [0.29, 0.717) is 17.8 Å². The summed E-state index contributed by atoms with van der Waals surface area (Å²) in [6, 6.07) is 0. The quantitative estimate of drug-likeness (QED) is 0.324. The van der Waals surface area contributed by atoms with Gasteiger partial charge < -0.3 is 4.74 Å². The third-order valence-electron chi connectivity index (χ3n) is 4.64. The molecule has 3 aromatic heterocycles. The van der Waals surface area contributed by atoms with Crippen molar-refractivity contribution in [1.82, 2.24) is 19.6 Å². The Labute approximate surface area is 166 Å². The van der Waals surface area contributed by atoms with Crippen LogP contribution in [0.15, 0.2) is 10.3 Å². The molecule has 0 saturated heterocycles. The van der Waals surface area contributed by atoms with Gasteiger partial charge >= 0.3 is 0 Å². The lowest BCUT2D eigenvalue weighted by atomic mass is 9.87. The molecule has 3 heterocycles. The van der Waals surface area contributed by atoms with Crippen molar-refractivity contribution < 1.29 is 4.74 Å². The lowest BCUT2D eigenvalue weighted by Crippen LogP contribution is -2.05. The second-order valence-corrected chi connectivity index (χ2v) is 10.6. The van der Waals surface area contributed by atoms with Gasteiger partial charge in [-0.25, -0.2) is 9.38 Å². The van der Waals surface area contributed by atoms with Gasteiger partial charge in [0, 0.05) is 23.0 Å². The van der Waals surface area contributed by atoms with Crippen molar-refractivity contribution in [2.24, 2.45) is 0 Å². The van der Waals surface area contributed by atoms with Gasteiger partial charge in [0.25, 0.3) is 0 Å². The van der Waals surface area contributed by atoms with Gasteiger partial charge in [0.2, 0.25) is 0 Å². The molecule has 0 radical (unpaired) electrons. The van der Waals surface area contributed by atoms with Crippen molar-refractivity contribution in [3.8, 4) is 0 Å². The van der Waals surface area contributed by atoms with Gasteiger partial charge in [-0.15, -0.1) is 21.5 Å². The van der Waals surface area contributed by atoms with Crippen LogP contribution >= 0.6 is 34.9 Å². The van der Waals surface area contributed by atoms with Crippen molar-refractivity contribution >= 4 is 50.7 Å². The molecule has 1 aliphatic rings. The zero-order valence-electron chi connectivity index (χ0n) is 15.6. The molecule has 0 fully saturated rings. The van der Waals surface area contributed by atoms with Crippen molar-refractivity contribution in [3.05, 3.63) is 10.4 Å². The normalized spacial score (nSPS) is 17.5. The fraction of sp³-hybridized carbons (Fsp3) is 0.611. The molecule has 3 aromatic rings. The molecule has 4 rings (SSSR count). The fourth-order valence-electron chi connectivity index (χ4n) is 3.53. The molecule has 140 valence electrons. The Morgan fingerprint density at radius 3 is 2.92 bits per heavy atom. The second-order valence-electron chi connectivity index (χ2n) is 6.96. The van der Waals surface area contributed by atoms with E-state index in [1.165, 1.54) is 35.1 Å². The highest BCUT2D eigenvalue weighted by Gasteiger charge is 2.27. The molecule has 26 heavy (non-hydrogen) atoms. The van der Waals surface area contributed by atoms with Crippen LogP contribution in [-0.4, -0.2) is 44.3 Å². The molecule has 0 amide bonds. The molecule has 5 nitrogen and oxygen atoms in total. The van der Waals surface area contributed by atoms with Crippen molar-refractivity contribution in [1.29, 1.82) is 0 Å². The van der Waals surface area contributed by atoms with Gasteiger partial charge in [-0.05, 0) is 30.7 Å². The fourth-order valence-corrected chi connectivity index (χ4v) is 6.65. The number of hydrogen-bond donors (Lipinski definition) is 0. The number of ether oxygens (including phenoxy) is 1. The average molecular weight is 409 g/mol. The van der Waals surface area contributed by atoms with Gasteiger partial charge in [0.15, 0.2) is 16.0 Å². The molecule has 0 aromatic carbocycles. The maximum Gasteiger partial charge on any atom is 0.197 e. The summed E-state index contributed by atoms with van der Waals surface area (Å²) < 4.78 is 7.36. The maximum atomic E-state index is 5.20. The summed E-state index contributed by atoms with van der Waals surface area (Å²) in [4.78, 5) is 7.69. The van der Waals surface area contributed by atoms with Gasteiger partial charge in [0.05, 0.1) is 12.0 Å². The van der Waals surface area contributed by atoms with Crippen LogP contribution in [0.5, 0.6) is 0 Å². The Balaban J connectivity index is 1.93. The number of aryl methyl sites for hydroxylation is 1. The first kappa shape index (κ1) is 18.5. The number of methoxy groups -OCH3 is 1. The Morgan fingerprint density at radius 1 is 1.31 bits per heavy atom. The zero-order valence-corrected chi connectivity index (χ0v) is 18.1. The van der Waals surface area contributed by atoms with Gasteiger partial charge in [0.1, 0.15) is 4.83 Å². The van der Waals surface area contributed by atoms with Crippen molar-refractivity contribution in [2.45, 2.75) is 61.5 Å². The maximum absolute atomic E-state index is 5.20. The molecule has 1 aliphatic carbocycles. The van der Waals surface area contributed by atoms with Crippen LogP contribution in [0.3, 0.4) is 0 Å². The van der Waals surface area contributed by atoms with Gasteiger partial charge in [-0.1, -0.05) is 44.3 Å². The Bertz CT molecular complexity index is 934. The predicted molar refractivity (Wildman–Crippen MR) is 111 cm³/mol. The molecule has 1 atom stereocenters. The van der Waals surface area contributed by atoms with E-state index in [0.717, 1.165) is 26.5 Å². The van der Waals surface area contributed by atoms with Crippen molar-refractivity contribution in [3.63, 3.8) is 0 Å². The minimum absolute atomic E-state index is 0.455. The Morgan fingerprint density at radius 2 is 2.15 bits per heavy atom. The molecule has 0 saturated carbocycles. The smallest absolute Gasteiger partial charge is 0.197 e. The van der Waals surface area contributed by atoms with Crippen molar-refractivity contribution in [2.75, 3.05) is 19.5 Å². The first-order valence-corrected chi connectivity index (χ1v) is 11.8. The minimum Gasteiger partial charge on any atom is -0.384 e. The first-order valence-electron chi connectivity index (χ1n) is 9.09. The van der Waals surface area contributed by atoms with E-state index in [9.17, 15) is 0 Å². The summed E-state index contributed by atoms with van der Waals surface area (Å²) >= 11 is 5.33. The first-order chi connectivity index (χ1) is 12.6. The molecule has 0 spiro atoms. The number of fused-ring (bicyclic) bond motifs is 5. The lowest BCUT2D eigenvalue weighted by Gasteiger charge is -2.18. The van der Waals surface area contributed by atoms with Crippen LogP contribution in [0.4, 0.5) is 0 Å². The van der Waals surface area contributed by atoms with Crippen LogP contribution in [0, 0.1) is 0 Å². The van der Waals surface area contributed by atoms with Crippen LogP contribution in [0.2, 0.25) is 0 Å². The van der Waals surface area contributed by atoms with Crippen LogP contribution in [-0.2, 0) is 11.2 Å². The largest absolute Gasteiger partial charge is 0.384 e. The topological polar surface area (TPSA) is 52.3 Å². The molecule has 8 heteroatoms. The summed E-state index contributed by atoms with van der Waals surface area (Å²) in [6.07, 6.45) is 3.69. The lowest BCUT2D eigenvalue weighted by molar-refractivity contribution is 0.218. The third kappa shape index (κ3) is 3.25. The highest BCUT2D eigenvalue weighted by atomic mass is 32.2. The van der Waals surface area contributed by atoms with Crippen LogP contribution in [0.25, 0.3) is 15.9 Å². The van der Waals surface area contributed by atoms with E-state index in [1.807, 2.05) is 11.3 Å². The second kappa shape index (κ2) is 7.66. The average Bonchev–Trinajstić information content (AvgIpc) is 3.16. The molecular formula is C18H24N4OS3. The molecular weight excluding hydrogens is 384 g/mol. The number of rotatable bonds is 6. The summed E-state index contributed by atoms with van der Waals surface area (Å²) in [5.74, 6) is 1.43. The summed E-state index contributed by atoms with van der Waals surface area (Å²) in [5.41, 5.74) is 2.44. The number of aromatic nitrogens is 4. The zero-order chi connectivity index (χ0) is 18.3. The summed E-state index contributed by atoms with van der Waals surface area (Å²) in [7, 11) is 1.73. The van der Waals surface area contributed by atoms with E-state index in [-0.39, 0.29) is 0 Å². The molecule has 0 aliphatic heterocycles. The SMILES string of the molecule is COCCSc1nnc2c3c4c(sc3nc(SC(C)C)n12)CCCC4C. The monoisotopic (exact) mass is 408 g/mol.